The smallest absolute Gasteiger partial charge is 0.329 e. The standard InChI is InChI=1S/C19H25N5O3/c1-2-7-24-16-15(18(26)23-19(24)27)12(8-13(21-16)10-3-4-10)17(25)22-14(9-20)11-5-6-11/h8,10-11,14H,2-7,9,20H2,1H3,(H,22,25)(H,23,26,27). The zero-order chi connectivity index (χ0) is 19.1. The minimum atomic E-state index is -0.571. The highest BCUT2D eigenvalue weighted by molar-refractivity contribution is 6.05. The molecule has 2 heterocycles. The molecule has 2 aliphatic carbocycles. The van der Waals surface area contributed by atoms with Crippen molar-refractivity contribution in [2.24, 2.45) is 11.7 Å². The number of amides is 1. The second kappa shape index (κ2) is 6.92. The molecule has 0 saturated heterocycles. The van der Waals surface area contributed by atoms with E-state index >= 15 is 0 Å². The van der Waals surface area contributed by atoms with E-state index in [4.69, 9.17) is 5.73 Å². The number of pyridine rings is 1. The van der Waals surface area contributed by atoms with Crippen molar-refractivity contribution in [1.29, 1.82) is 0 Å². The Morgan fingerprint density at radius 1 is 1.37 bits per heavy atom. The lowest BCUT2D eigenvalue weighted by Crippen LogP contribution is -2.42. The third-order valence-electron chi connectivity index (χ3n) is 5.42. The molecular formula is C19H25N5O3. The largest absolute Gasteiger partial charge is 0.348 e. The van der Waals surface area contributed by atoms with Gasteiger partial charge in [-0.3, -0.25) is 19.1 Å². The van der Waals surface area contributed by atoms with Crippen LogP contribution in [0.1, 0.15) is 61.0 Å². The SMILES string of the molecule is CCCn1c(=O)[nH]c(=O)c2c(C(=O)NC(CN)C3CC3)cc(C3CC3)nc21. The first-order chi connectivity index (χ1) is 13.0. The van der Waals surface area contributed by atoms with Crippen LogP contribution in [0.2, 0.25) is 0 Å². The molecule has 0 spiro atoms. The molecule has 144 valence electrons. The summed E-state index contributed by atoms with van der Waals surface area (Å²) in [6, 6.07) is 1.62. The third-order valence-corrected chi connectivity index (χ3v) is 5.42. The molecule has 1 unspecified atom stereocenters. The van der Waals surface area contributed by atoms with Crippen molar-refractivity contribution in [2.45, 2.75) is 57.5 Å². The Morgan fingerprint density at radius 2 is 2.11 bits per heavy atom. The van der Waals surface area contributed by atoms with E-state index in [1.807, 2.05) is 6.92 Å². The van der Waals surface area contributed by atoms with Crippen LogP contribution < -0.4 is 22.3 Å². The summed E-state index contributed by atoms with van der Waals surface area (Å²) in [6.45, 7) is 2.75. The van der Waals surface area contributed by atoms with Gasteiger partial charge in [0, 0.05) is 30.7 Å². The van der Waals surface area contributed by atoms with Crippen molar-refractivity contribution < 1.29 is 4.79 Å². The number of hydrogen-bond donors (Lipinski definition) is 3. The van der Waals surface area contributed by atoms with E-state index in [2.05, 4.69) is 15.3 Å². The van der Waals surface area contributed by atoms with Crippen LogP contribution in [0.25, 0.3) is 11.0 Å². The number of hydrogen-bond acceptors (Lipinski definition) is 5. The molecule has 2 fully saturated rings. The van der Waals surface area contributed by atoms with Crippen molar-refractivity contribution in [3.8, 4) is 0 Å². The van der Waals surface area contributed by atoms with Gasteiger partial charge in [0.25, 0.3) is 11.5 Å². The summed E-state index contributed by atoms with van der Waals surface area (Å²) in [5.41, 5.74) is 6.12. The Kier molecular flexibility index (Phi) is 4.59. The number of nitrogens with two attached hydrogens (primary N) is 1. The highest BCUT2D eigenvalue weighted by Gasteiger charge is 2.33. The Hall–Kier alpha value is -2.48. The molecule has 4 rings (SSSR count). The van der Waals surface area contributed by atoms with Gasteiger partial charge in [0.05, 0.1) is 10.9 Å². The van der Waals surface area contributed by atoms with Gasteiger partial charge in [0.2, 0.25) is 0 Å². The van der Waals surface area contributed by atoms with Gasteiger partial charge in [-0.2, -0.15) is 0 Å². The maximum Gasteiger partial charge on any atom is 0.329 e. The number of aromatic amines is 1. The van der Waals surface area contributed by atoms with E-state index in [1.54, 1.807) is 6.07 Å². The minimum absolute atomic E-state index is 0.0919. The number of fused-ring (bicyclic) bond motifs is 1. The maximum atomic E-state index is 13.0. The fourth-order valence-electron chi connectivity index (χ4n) is 3.61. The normalized spacial score (nSPS) is 17.9. The number of carbonyl (C=O) groups excluding carboxylic acids is 1. The molecule has 0 radical (unpaired) electrons. The van der Waals surface area contributed by atoms with Crippen LogP contribution in [0.4, 0.5) is 0 Å². The summed E-state index contributed by atoms with van der Waals surface area (Å²) in [4.78, 5) is 44.8. The Morgan fingerprint density at radius 3 is 2.70 bits per heavy atom. The summed E-state index contributed by atoms with van der Waals surface area (Å²) in [5.74, 6) is 0.379. The number of H-pyrrole nitrogens is 1. The van der Waals surface area contributed by atoms with Crippen molar-refractivity contribution in [3.63, 3.8) is 0 Å². The molecule has 27 heavy (non-hydrogen) atoms. The number of nitrogens with one attached hydrogen (secondary N) is 2. The van der Waals surface area contributed by atoms with Crippen LogP contribution in [0.5, 0.6) is 0 Å². The number of nitrogens with zero attached hydrogens (tertiary/aromatic N) is 2. The minimum Gasteiger partial charge on any atom is -0.348 e. The molecule has 2 aromatic heterocycles. The number of rotatable bonds is 7. The second-order valence-electron chi connectivity index (χ2n) is 7.63. The first-order valence-electron chi connectivity index (χ1n) is 9.72. The summed E-state index contributed by atoms with van der Waals surface area (Å²) in [5, 5.41) is 3.16. The van der Waals surface area contributed by atoms with Crippen LogP contribution in [0.3, 0.4) is 0 Å². The van der Waals surface area contributed by atoms with Gasteiger partial charge in [0.1, 0.15) is 0 Å². The highest BCUT2D eigenvalue weighted by Crippen LogP contribution is 2.40. The lowest BCUT2D eigenvalue weighted by atomic mass is 10.1. The second-order valence-corrected chi connectivity index (χ2v) is 7.63. The molecule has 2 aliphatic rings. The van der Waals surface area contributed by atoms with Crippen LogP contribution >= 0.6 is 0 Å². The third kappa shape index (κ3) is 3.41. The average molecular weight is 371 g/mol. The van der Waals surface area contributed by atoms with E-state index < -0.39 is 11.2 Å². The molecule has 2 aromatic rings. The fraction of sp³-hybridized carbons (Fsp3) is 0.579. The van der Waals surface area contributed by atoms with Gasteiger partial charge in [-0.1, -0.05) is 6.92 Å². The van der Waals surface area contributed by atoms with Gasteiger partial charge in [-0.15, -0.1) is 0 Å². The van der Waals surface area contributed by atoms with Crippen LogP contribution in [-0.2, 0) is 6.54 Å². The topological polar surface area (TPSA) is 123 Å². The van der Waals surface area contributed by atoms with E-state index in [0.717, 1.165) is 37.8 Å². The first kappa shape index (κ1) is 17.9. The summed E-state index contributed by atoms with van der Waals surface area (Å²) in [6.07, 6.45) is 4.85. The average Bonchev–Trinajstić information content (AvgIpc) is 3.54. The predicted molar refractivity (Wildman–Crippen MR) is 102 cm³/mol. The molecule has 1 atom stereocenters. The van der Waals surface area contributed by atoms with Crippen molar-refractivity contribution >= 4 is 16.9 Å². The first-order valence-corrected chi connectivity index (χ1v) is 9.72. The molecule has 2 saturated carbocycles. The highest BCUT2D eigenvalue weighted by atomic mass is 16.2. The lowest BCUT2D eigenvalue weighted by Gasteiger charge is -2.18. The predicted octanol–water partition coefficient (Wildman–Crippen LogP) is 0.839. The van der Waals surface area contributed by atoms with Crippen molar-refractivity contribution in [2.75, 3.05) is 6.54 Å². The Balaban J connectivity index is 1.87. The number of aryl methyl sites for hydroxylation is 1. The molecule has 4 N–H and O–H groups in total. The lowest BCUT2D eigenvalue weighted by molar-refractivity contribution is 0.0935. The molecular weight excluding hydrogens is 346 g/mol. The van der Waals surface area contributed by atoms with Gasteiger partial charge in [0.15, 0.2) is 5.65 Å². The van der Waals surface area contributed by atoms with Crippen LogP contribution in [0.15, 0.2) is 15.7 Å². The molecule has 0 aliphatic heterocycles. The van der Waals surface area contributed by atoms with Gasteiger partial charge >= 0.3 is 5.69 Å². The van der Waals surface area contributed by atoms with Crippen molar-refractivity contribution in [3.05, 3.63) is 38.2 Å². The summed E-state index contributed by atoms with van der Waals surface area (Å²) < 4.78 is 1.46. The van der Waals surface area contributed by atoms with Gasteiger partial charge in [-0.05, 0) is 44.1 Å². The van der Waals surface area contributed by atoms with E-state index in [1.165, 1.54) is 4.57 Å². The van der Waals surface area contributed by atoms with Gasteiger partial charge in [-0.25, -0.2) is 9.78 Å². The summed E-state index contributed by atoms with van der Waals surface area (Å²) >= 11 is 0. The molecule has 8 heteroatoms. The molecule has 0 aromatic carbocycles. The summed E-state index contributed by atoms with van der Waals surface area (Å²) in [7, 11) is 0. The van der Waals surface area contributed by atoms with E-state index in [9.17, 15) is 14.4 Å². The zero-order valence-corrected chi connectivity index (χ0v) is 15.5. The van der Waals surface area contributed by atoms with Crippen LogP contribution in [-0.4, -0.2) is 33.0 Å². The Labute approximate surface area is 156 Å². The number of aromatic nitrogens is 3. The number of carbonyl (C=O) groups is 1. The van der Waals surface area contributed by atoms with E-state index in [0.29, 0.717) is 30.6 Å². The van der Waals surface area contributed by atoms with Crippen molar-refractivity contribution in [1.82, 2.24) is 19.9 Å². The Bertz CT molecular complexity index is 1000. The quantitative estimate of drug-likeness (QED) is 0.665. The maximum absolute atomic E-state index is 13.0. The van der Waals surface area contributed by atoms with E-state index in [-0.39, 0.29) is 22.9 Å². The molecule has 0 bridgehead atoms. The molecule has 1 amide bonds. The van der Waals surface area contributed by atoms with Gasteiger partial charge < -0.3 is 11.1 Å². The zero-order valence-electron chi connectivity index (χ0n) is 15.5. The fourth-order valence-corrected chi connectivity index (χ4v) is 3.61. The van der Waals surface area contributed by atoms with Crippen LogP contribution in [0, 0.1) is 5.92 Å². The monoisotopic (exact) mass is 371 g/mol. The molecule has 8 nitrogen and oxygen atoms in total.